The number of hydrogen-bond donors (Lipinski definition) is 0. The quantitative estimate of drug-likeness (QED) is 0.869. The molecule has 2 heterocycles. The second kappa shape index (κ2) is 5.59. The first-order valence-corrected chi connectivity index (χ1v) is 7.91. The van der Waals surface area contributed by atoms with Gasteiger partial charge in [0, 0.05) is 24.9 Å². The molecule has 2 aromatic rings. The minimum Gasteiger partial charge on any atom is -0.360 e. The van der Waals surface area contributed by atoms with Crippen molar-refractivity contribution in [2.24, 2.45) is 0 Å². The van der Waals surface area contributed by atoms with Crippen LogP contribution in [0.3, 0.4) is 0 Å². The molecule has 22 heavy (non-hydrogen) atoms. The SMILES string of the molecule is CCc1onc(C)c1C(=O)N1CC(CC)(c2ccccc2)C1. The molecule has 116 valence electrons. The lowest BCUT2D eigenvalue weighted by molar-refractivity contribution is 0.0373. The smallest absolute Gasteiger partial charge is 0.259 e. The van der Waals surface area contributed by atoms with Crippen molar-refractivity contribution in [2.75, 3.05) is 13.1 Å². The van der Waals surface area contributed by atoms with Crippen LogP contribution in [-0.2, 0) is 11.8 Å². The summed E-state index contributed by atoms with van der Waals surface area (Å²) in [6.07, 6.45) is 1.72. The van der Waals surface area contributed by atoms with Gasteiger partial charge in [-0.1, -0.05) is 49.3 Å². The molecule has 1 amide bonds. The number of benzene rings is 1. The molecule has 3 rings (SSSR count). The predicted octanol–water partition coefficient (Wildman–Crippen LogP) is 3.35. The van der Waals surface area contributed by atoms with Crippen molar-refractivity contribution in [3.63, 3.8) is 0 Å². The highest BCUT2D eigenvalue weighted by atomic mass is 16.5. The maximum absolute atomic E-state index is 12.7. The first kappa shape index (κ1) is 14.8. The van der Waals surface area contributed by atoms with Crippen LogP contribution in [-0.4, -0.2) is 29.1 Å². The Labute approximate surface area is 131 Å². The number of rotatable bonds is 4. The Morgan fingerprint density at radius 3 is 2.55 bits per heavy atom. The Balaban J connectivity index is 1.80. The zero-order valence-electron chi connectivity index (χ0n) is 13.4. The molecule has 1 saturated heterocycles. The maximum Gasteiger partial charge on any atom is 0.259 e. The normalized spacial score (nSPS) is 16.4. The van der Waals surface area contributed by atoms with Gasteiger partial charge >= 0.3 is 0 Å². The molecule has 0 bridgehead atoms. The van der Waals surface area contributed by atoms with Crippen LogP contribution < -0.4 is 0 Å². The highest BCUT2D eigenvalue weighted by Crippen LogP contribution is 2.38. The summed E-state index contributed by atoms with van der Waals surface area (Å²) in [5, 5.41) is 3.94. The van der Waals surface area contributed by atoms with E-state index in [-0.39, 0.29) is 11.3 Å². The van der Waals surface area contributed by atoms with E-state index in [1.165, 1.54) is 5.56 Å². The molecule has 0 radical (unpaired) electrons. The summed E-state index contributed by atoms with van der Waals surface area (Å²) in [4.78, 5) is 14.7. The number of amides is 1. The lowest BCUT2D eigenvalue weighted by Crippen LogP contribution is -2.61. The van der Waals surface area contributed by atoms with E-state index in [1.54, 1.807) is 0 Å². The van der Waals surface area contributed by atoms with Gasteiger partial charge in [0.05, 0.1) is 5.69 Å². The van der Waals surface area contributed by atoms with E-state index in [4.69, 9.17) is 4.52 Å². The fourth-order valence-corrected chi connectivity index (χ4v) is 3.32. The van der Waals surface area contributed by atoms with Gasteiger partial charge in [-0.05, 0) is 18.9 Å². The van der Waals surface area contributed by atoms with E-state index in [2.05, 4.69) is 36.3 Å². The van der Waals surface area contributed by atoms with Gasteiger partial charge in [0.1, 0.15) is 11.3 Å². The lowest BCUT2D eigenvalue weighted by Gasteiger charge is -2.50. The summed E-state index contributed by atoms with van der Waals surface area (Å²) in [7, 11) is 0. The minimum atomic E-state index is 0.0515. The zero-order valence-corrected chi connectivity index (χ0v) is 13.4. The van der Waals surface area contributed by atoms with Gasteiger partial charge in [-0.3, -0.25) is 4.79 Å². The topological polar surface area (TPSA) is 46.3 Å². The third-order valence-electron chi connectivity index (χ3n) is 4.81. The largest absolute Gasteiger partial charge is 0.360 e. The van der Waals surface area contributed by atoms with Gasteiger partial charge in [0.25, 0.3) is 5.91 Å². The van der Waals surface area contributed by atoms with Crippen LogP contribution >= 0.6 is 0 Å². The van der Waals surface area contributed by atoms with Crippen molar-refractivity contribution >= 4 is 5.91 Å². The number of likely N-dealkylation sites (tertiary alicyclic amines) is 1. The van der Waals surface area contributed by atoms with E-state index in [0.29, 0.717) is 23.4 Å². The first-order valence-electron chi connectivity index (χ1n) is 7.91. The van der Waals surface area contributed by atoms with E-state index in [9.17, 15) is 4.79 Å². The maximum atomic E-state index is 12.7. The summed E-state index contributed by atoms with van der Waals surface area (Å²) in [5.74, 6) is 0.742. The molecule has 0 spiro atoms. The Morgan fingerprint density at radius 1 is 1.27 bits per heavy atom. The summed E-state index contributed by atoms with van der Waals surface area (Å²) in [6, 6.07) is 10.5. The van der Waals surface area contributed by atoms with Crippen LogP contribution in [0.15, 0.2) is 34.9 Å². The van der Waals surface area contributed by atoms with Gasteiger partial charge in [0.2, 0.25) is 0 Å². The van der Waals surface area contributed by atoms with Crippen LogP contribution in [0.25, 0.3) is 0 Å². The Bertz CT molecular complexity index is 670. The second-order valence-electron chi connectivity index (χ2n) is 6.08. The Hall–Kier alpha value is -2.10. The second-order valence-corrected chi connectivity index (χ2v) is 6.08. The van der Waals surface area contributed by atoms with Crippen LogP contribution in [0.5, 0.6) is 0 Å². The predicted molar refractivity (Wildman–Crippen MR) is 84.9 cm³/mol. The number of nitrogens with zero attached hydrogens (tertiary/aromatic N) is 2. The van der Waals surface area contributed by atoms with Crippen LogP contribution in [0.1, 0.15) is 47.6 Å². The Kier molecular flexibility index (Phi) is 3.77. The number of carbonyl (C=O) groups excluding carboxylic acids is 1. The van der Waals surface area contributed by atoms with Gasteiger partial charge < -0.3 is 9.42 Å². The third-order valence-corrected chi connectivity index (χ3v) is 4.81. The highest BCUT2D eigenvalue weighted by Gasteiger charge is 2.46. The van der Waals surface area contributed by atoms with E-state index < -0.39 is 0 Å². The summed E-state index contributed by atoms with van der Waals surface area (Å²) < 4.78 is 5.25. The van der Waals surface area contributed by atoms with E-state index in [0.717, 1.165) is 19.5 Å². The van der Waals surface area contributed by atoms with Crippen molar-refractivity contribution < 1.29 is 9.32 Å². The van der Waals surface area contributed by atoms with Crippen LogP contribution in [0, 0.1) is 6.92 Å². The molecule has 4 heteroatoms. The fourth-order valence-electron chi connectivity index (χ4n) is 3.32. The van der Waals surface area contributed by atoms with Crippen molar-refractivity contribution in [3.05, 3.63) is 52.9 Å². The van der Waals surface area contributed by atoms with Crippen molar-refractivity contribution in [1.82, 2.24) is 10.1 Å². The fraction of sp³-hybridized carbons (Fsp3) is 0.444. The number of hydrogen-bond acceptors (Lipinski definition) is 3. The molecule has 1 fully saturated rings. The zero-order chi connectivity index (χ0) is 15.7. The van der Waals surface area contributed by atoms with Gasteiger partial charge in [-0.15, -0.1) is 0 Å². The Morgan fingerprint density at radius 2 is 1.95 bits per heavy atom. The van der Waals surface area contributed by atoms with Crippen LogP contribution in [0.2, 0.25) is 0 Å². The summed E-state index contributed by atoms with van der Waals surface area (Å²) >= 11 is 0. The summed E-state index contributed by atoms with van der Waals surface area (Å²) in [6.45, 7) is 7.53. The molecule has 0 saturated carbocycles. The molecule has 1 aliphatic rings. The highest BCUT2D eigenvalue weighted by molar-refractivity contribution is 5.97. The minimum absolute atomic E-state index is 0.0515. The van der Waals surface area contributed by atoms with Crippen molar-refractivity contribution in [1.29, 1.82) is 0 Å². The van der Waals surface area contributed by atoms with Crippen LogP contribution in [0.4, 0.5) is 0 Å². The number of aryl methyl sites for hydroxylation is 2. The van der Waals surface area contributed by atoms with Crippen molar-refractivity contribution in [3.8, 4) is 0 Å². The van der Waals surface area contributed by atoms with Crippen molar-refractivity contribution in [2.45, 2.75) is 39.0 Å². The molecular weight excluding hydrogens is 276 g/mol. The van der Waals surface area contributed by atoms with E-state index >= 15 is 0 Å². The van der Waals surface area contributed by atoms with E-state index in [1.807, 2.05) is 24.8 Å². The average molecular weight is 298 g/mol. The molecule has 0 aliphatic carbocycles. The molecule has 0 unspecified atom stereocenters. The molecule has 1 aliphatic heterocycles. The first-order chi connectivity index (χ1) is 10.6. The summed E-state index contributed by atoms with van der Waals surface area (Å²) in [5.41, 5.74) is 2.75. The lowest BCUT2D eigenvalue weighted by atomic mass is 9.71. The molecule has 0 atom stereocenters. The third kappa shape index (κ3) is 2.23. The molecule has 0 N–H and O–H groups in total. The van der Waals surface area contributed by atoms with Gasteiger partial charge in [-0.25, -0.2) is 0 Å². The average Bonchev–Trinajstić information content (AvgIpc) is 2.88. The van der Waals surface area contributed by atoms with Gasteiger partial charge in [0.15, 0.2) is 0 Å². The molecule has 4 nitrogen and oxygen atoms in total. The molecule has 1 aromatic heterocycles. The molecule has 1 aromatic carbocycles. The monoisotopic (exact) mass is 298 g/mol. The standard InChI is InChI=1S/C18H22N2O2/c1-4-15-16(13(3)19-22-15)17(21)20-11-18(5-2,12-20)14-9-7-6-8-10-14/h6-10H,4-5,11-12H2,1-3H3. The number of aromatic nitrogens is 1. The number of carbonyl (C=O) groups is 1. The van der Waals surface area contributed by atoms with Gasteiger partial charge in [-0.2, -0.15) is 0 Å². The molecular formula is C18H22N2O2.